The first-order valence-electron chi connectivity index (χ1n) is 5.23. The Morgan fingerprint density at radius 2 is 2.31 bits per heavy atom. The summed E-state index contributed by atoms with van der Waals surface area (Å²) in [6.45, 7) is 6.67. The molecule has 0 fully saturated rings. The number of thiazole rings is 1. The molecule has 2 rings (SSSR count). The summed E-state index contributed by atoms with van der Waals surface area (Å²) in [6.07, 6.45) is 3.64. The molecular weight excluding hydrogens is 222 g/mol. The Bertz CT molecular complexity index is 461. The number of rotatable bonds is 4. The second-order valence-electron chi connectivity index (χ2n) is 3.90. The van der Waals surface area contributed by atoms with Crippen molar-refractivity contribution < 1.29 is 4.74 Å². The van der Waals surface area contributed by atoms with Gasteiger partial charge in [0.15, 0.2) is 5.75 Å². The molecule has 0 atom stereocenters. The van der Waals surface area contributed by atoms with Crippen LogP contribution in [0.1, 0.15) is 30.6 Å². The Morgan fingerprint density at radius 3 is 2.88 bits per heavy atom. The second kappa shape index (κ2) is 4.65. The molecule has 4 nitrogen and oxygen atoms in total. The highest BCUT2D eigenvalue weighted by atomic mass is 32.1. The quantitative estimate of drug-likeness (QED) is 0.821. The number of aromatic nitrogens is 3. The molecule has 0 aliphatic heterocycles. The highest BCUT2D eigenvalue weighted by Gasteiger charge is 2.04. The lowest BCUT2D eigenvalue weighted by atomic mass is 10.4. The van der Waals surface area contributed by atoms with Crippen LogP contribution in [0.15, 0.2) is 17.8 Å². The lowest BCUT2D eigenvalue weighted by Crippen LogP contribution is -2.00. The standard InChI is InChI=1S/C11H15N3OS/c1-8(2)14-5-11(4-12-14)15-6-10-7-16-9(3)13-10/h4-5,7-8H,6H2,1-3H3. The summed E-state index contributed by atoms with van der Waals surface area (Å²) in [5, 5.41) is 7.29. The summed E-state index contributed by atoms with van der Waals surface area (Å²) < 4.78 is 7.47. The molecule has 0 saturated carbocycles. The molecule has 0 unspecified atom stereocenters. The van der Waals surface area contributed by atoms with E-state index in [1.807, 2.05) is 23.2 Å². The van der Waals surface area contributed by atoms with Gasteiger partial charge in [-0.2, -0.15) is 5.10 Å². The largest absolute Gasteiger partial charge is 0.484 e. The normalized spacial score (nSPS) is 11.0. The van der Waals surface area contributed by atoms with Crippen molar-refractivity contribution in [1.82, 2.24) is 14.8 Å². The van der Waals surface area contributed by atoms with Gasteiger partial charge in [0.05, 0.1) is 23.1 Å². The Labute approximate surface area is 98.9 Å². The maximum Gasteiger partial charge on any atom is 0.157 e. The SMILES string of the molecule is Cc1nc(COc2cnn(C(C)C)c2)cs1. The Kier molecular flexibility index (Phi) is 3.24. The monoisotopic (exact) mass is 237 g/mol. The molecule has 86 valence electrons. The predicted octanol–water partition coefficient (Wildman–Crippen LogP) is 2.81. The number of hydrogen-bond donors (Lipinski definition) is 0. The summed E-state index contributed by atoms with van der Waals surface area (Å²) in [5.74, 6) is 0.791. The molecule has 0 radical (unpaired) electrons. The average Bonchev–Trinajstić information content (AvgIpc) is 2.83. The molecule has 0 spiro atoms. The topological polar surface area (TPSA) is 39.9 Å². The third-order valence-electron chi connectivity index (χ3n) is 2.16. The van der Waals surface area contributed by atoms with Crippen LogP contribution in [0.4, 0.5) is 0 Å². The molecular formula is C11H15N3OS. The minimum atomic E-state index is 0.360. The molecule has 0 saturated heterocycles. The summed E-state index contributed by atoms with van der Waals surface area (Å²) >= 11 is 1.64. The Balaban J connectivity index is 1.94. The lowest BCUT2D eigenvalue weighted by Gasteiger charge is -2.03. The number of nitrogens with zero attached hydrogens (tertiary/aromatic N) is 3. The van der Waals surface area contributed by atoms with Gasteiger partial charge in [0.1, 0.15) is 6.61 Å². The lowest BCUT2D eigenvalue weighted by molar-refractivity contribution is 0.301. The van der Waals surface area contributed by atoms with Gasteiger partial charge in [-0.05, 0) is 20.8 Å². The summed E-state index contributed by atoms with van der Waals surface area (Å²) in [7, 11) is 0. The molecule has 16 heavy (non-hydrogen) atoms. The van der Waals surface area contributed by atoms with E-state index in [0.29, 0.717) is 12.6 Å². The Hall–Kier alpha value is -1.36. The van der Waals surface area contributed by atoms with E-state index < -0.39 is 0 Å². The first kappa shape index (κ1) is 11.1. The number of aryl methyl sites for hydroxylation is 1. The van der Waals surface area contributed by atoms with E-state index in [-0.39, 0.29) is 0 Å². The highest BCUT2D eigenvalue weighted by molar-refractivity contribution is 7.09. The molecule has 0 bridgehead atoms. The van der Waals surface area contributed by atoms with E-state index in [1.54, 1.807) is 17.5 Å². The van der Waals surface area contributed by atoms with Gasteiger partial charge >= 0.3 is 0 Å². The fraction of sp³-hybridized carbons (Fsp3) is 0.455. The van der Waals surface area contributed by atoms with Crippen LogP contribution in [0.5, 0.6) is 5.75 Å². The van der Waals surface area contributed by atoms with Gasteiger partial charge in [-0.1, -0.05) is 0 Å². The van der Waals surface area contributed by atoms with Gasteiger partial charge in [0, 0.05) is 11.4 Å². The molecule has 5 heteroatoms. The average molecular weight is 237 g/mol. The van der Waals surface area contributed by atoms with Crippen LogP contribution in [-0.4, -0.2) is 14.8 Å². The summed E-state index contributed by atoms with van der Waals surface area (Å²) in [4.78, 5) is 4.33. The zero-order valence-corrected chi connectivity index (χ0v) is 10.5. The van der Waals surface area contributed by atoms with Crippen molar-refractivity contribution in [3.05, 3.63) is 28.5 Å². The van der Waals surface area contributed by atoms with E-state index in [9.17, 15) is 0 Å². The zero-order chi connectivity index (χ0) is 11.5. The van der Waals surface area contributed by atoms with E-state index >= 15 is 0 Å². The van der Waals surface area contributed by atoms with Gasteiger partial charge in [0.2, 0.25) is 0 Å². The van der Waals surface area contributed by atoms with Crippen LogP contribution in [0.2, 0.25) is 0 Å². The smallest absolute Gasteiger partial charge is 0.157 e. The Morgan fingerprint density at radius 1 is 1.50 bits per heavy atom. The fourth-order valence-electron chi connectivity index (χ4n) is 1.31. The van der Waals surface area contributed by atoms with E-state index in [4.69, 9.17) is 4.74 Å². The van der Waals surface area contributed by atoms with Crippen LogP contribution in [0.25, 0.3) is 0 Å². The van der Waals surface area contributed by atoms with Crippen LogP contribution in [-0.2, 0) is 6.61 Å². The summed E-state index contributed by atoms with van der Waals surface area (Å²) in [6, 6.07) is 0.360. The predicted molar refractivity (Wildman–Crippen MR) is 63.8 cm³/mol. The van der Waals surface area contributed by atoms with Crippen molar-refractivity contribution in [1.29, 1.82) is 0 Å². The van der Waals surface area contributed by atoms with E-state index in [0.717, 1.165) is 16.5 Å². The molecule has 2 aromatic rings. The molecule has 0 N–H and O–H groups in total. The molecule has 0 aromatic carbocycles. The van der Waals surface area contributed by atoms with Gasteiger partial charge in [-0.25, -0.2) is 4.98 Å². The second-order valence-corrected chi connectivity index (χ2v) is 4.96. The number of ether oxygens (including phenoxy) is 1. The molecule has 0 aliphatic rings. The maximum atomic E-state index is 5.60. The molecule has 2 heterocycles. The van der Waals surface area contributed by atoms with Gasteiger partial charge in [-0.15, -0.1) is 11.3 Å². The molecule has 0 amide bonds. The van der Waals surface area contributed by atoms with Crippen molar-refractivity contribution >= 4 is 11.3 Å². The van der Waals surface area contributed by atoms with Crippen molar-refractivity contribution in [2.45, 2.75) is 33.4 Å². The van der Waals surface area contributed by atoms with Gasteiger partial charge in [0.25, 0.3) is 0 Å². The van der Waals surface area contributed by atoms with Crippen molar-refractivity contribution in [3.63, 3.8) is 0 Å². The first-order valence-corrected chi connectivity index (χ1v) is 6.11. The van der Waals surface area contributed by atoms with Gasteiger partial charge in [-0.3, -0.25) is 4.68 Å². The van der Waals surface area contributed by atoms with Crippen molar-refractivity contribution in [2.24, 2.45) is 0 Å². The van der Waals surface area contributed by atoms with Crippen molar-refractivity contribution in [3.8, 4) is 5.75 Å². The van der Waals surface area contributed by atoms with Crippen LogP contribution >= 0.6 is 11.3 Å². The maximum absolute atomic E-state index is 5.60. The first-order chi connectivity index (χ1) is 7.65. The molecule has 0 aliphatic carbocycles. The van der Waals surface area contributed by atoms with Crippen LogP contribution in [0, 0.1) is 6.92 Å². The third-order valence-corrected chi connectivity index (χ3v) is 2.98. The van der Waals surface area contributed by atoms with E-state index in [2.05, 4.69) is 23.9 Å². The minimum absolute atomic E-state index is 0.360. The highest BCUT2D eigenvalue weighted by Crippen LogP contribution is 2.15. The number of hydrogen-bond acceptors (Lipinski definition) is 4. The van der Waals surface area contributed by atoms with Crippen molar-refractivity contribution in [2.75, 3.05) is 0 Å². The molecule has 2 aromatic heterocycles. The van der Waals surface area contributed by atoms with E-state index in [1.165, 1.54) is 0 Å². The third kappa shape index (κ3) is 2.61. The summed E-state index contributed by atoms with van der Waals surface area (Å²) in [5.41, 5.74) is 0.972. The minimum Gasteiger partial charge on any atom is -0.484 e. The van der Waals surface area contributed by atoms with Gasteiger partial charge < -0.3 is 4.74 Å². The fourth-order valence-corrected chi connectivity index (χ4v) is 1.91. The zero-order valence-electron chi connectivity index (χ0n) is 9.67. The van der Waals surface area contributed by atoms with Crippen LogP contribution in [0.3, 0.4) is 0 Å². The van der Waals surface area contributed by atoms with Crippen LogP contribution < -0.4 is 4.74 Å².